The van der Waals surface area contributed by atoms with E-state index < -0.39 is 0 Å². The smallest absolute Gasteiger partial charge is 0.0972 e. The summed E-state index contributed by atoms with van der Waals surface area (Å²) in [4.78, 5) is 9.71. The Labute approximate surface area is 187 Å². The minimum absolute atomic E-state index is 0.965. The largest absolute Gasteiger partial charge is 0.254 e. The average Bonchev–Trinajstić information content (AvgIpc) is 2.88. The lowest BCUT2D eigenvalue weighted by molar-refractivity contribution is 0.911. The Bertz CT molecular complexity index is 1620. The number of fused-ring (bicyclic) bond motifs is 9. The molecule has 0 saturated carbocycles. The maximum Gasteiger partial charge on any atom is 0.0972 e. The highest BCUT2D eigenvalue weighted by atomic mass is 14.7. The molecule has 5 aromatic rings. The molecule has 0 bridgehead atoms. The van der Waals surface area contributed by atoms with Crippen molar-refractivity contribution in [3.63, 3.8) is 0 Å². The van der Waals surface area contributed by atoms with Crippen LogP contribution in [0.4, 0.5) is 0 Å². The summed E-state index contributed by atoms with van der Waals surface area (Å²) in [7, 11) is 0. The van der Waals surface area contributed by atoms with Gasteiger partial charge in [-0.25, -0.2) is 4.98 Å². The second kappa shape index (κ2) is 6.86. The highest BCUT2D eigenvalue weighted by molar-refractivity contribution is 6.04. The Morgan fingerprint density at radius 2 is 1.38 bits per heavy atom. The van der Waals surface area contributed by atoms with Crippen molar-refractivity contribution in [1.82, 2.24) is 9.97 Å². The minimum atomic E-state index is 0.965. The number of benzene rings is 3. The summed E-state index contributed by atoms with van der Waals surface area (Å²) in [5.74, 6) is 0. The van der Waals surface area contributed by atoms with Crippen molar-refractivity contribution in [3.8, 4) is 11.3 Å². The average molecular weight is 411 g/mol. The van der Waals surface area contributed by atoms with E-state index in [1.165, 1.54) is 21.9 Å². The molecule has 0 fully saturated rings. The molecule has 2 heteroatoms. The number of nitrogens with zero attached hydrogens (tertiary/aromatic N) is 2. The molecule has 0 aliphatic heterocycles. The summed E-state index contributed by atoms with van der Waals surface area (Å²) in [5.41, 5.74) is 10.0. The van der Waals surface area contributed by atoms with Gasteiger partial charge in [0.1, 0.15) is 0 Å². The Morgan fingerprint density at radius 3 is 2.19 bits per heavy atom. The van der Waals surface area contributed by atoms with Gasteiger partial charge in [0.15, 0.2) is 0 Å². The molecule has 2 aliphatic carbocycles. The first-order valence-electron chi connectivity index (χ1n) is 11.5. The van der Waals surface area contributed by atoms with Crippen LogP contribution in [0.1, 0.15) is 35.1 Å². The molecule has 32 heavy (non-hydrogen) atoms. The van der Waals surface area contributed by atoms with Gasteiger partial charge in [-0.05, 0) is 76.9 Å². The highest BCUT2D eigenvalue weighted by Gasteiger charge is 2.20. The topological polar surface area (TPSA) is 25.8 Å². The number of rotatable bonds is 1. The van der Waals surface area contributed by atoms with Gasteiger partial charge in [0.2, 0.25) is 0 Å². The van der Waals surface area contributed by atoms with E-state index in [2.05, 4.69) is 77.8 Å². The van der Waals surface area contributed by atoms with Crippen LogP contribution in [0.15, 0.2) is 72.9 Å². The molecule has 2 aromatic heterocycles. The Morgan fingerprint density at radius 1 is 0.656 bits per heavy atom. The zero-order valence-corrected chi connectivity index (χ0v) is 17.8. The SMILES string of the molecule is C1=Cc2c(c3c(c4cc(-c5ccc6ccc7cccnc7c6n5)ccc24)C=CCC3)CC1. The molecule has 0 spiro atoms. The quantitative estimate of drug-likeness (QED) is 0.267. The van der Waals surface area contributed by atoms with Crippen molar-refractivity contribution in [1.29, 1.82) is 0 Å². The van der Waals surface area contributed by atoms with E-state index in [9.17, 15) is 0 Å². The lowest BCUT2D eigenvalue weighted by Gasteiger charge is -2.24. The first-order valence-corrected chi connectivity index (χ1v) is 11.5. The van der Waals surface area contributed by atoms with Gasteiger partial charge in [0.05, 0.1) is 16.7 Å². The Balaban J connectivity index is 1.49. The maximum atomic E-state index is 5.09. The molecular weight excluding hydrogens is 388 g/mol. The van der Waals surface area contributed by atoms with Gasteiger partial charge in [0, 0.05) is 22.5 Å². The van der Waals surface area contributed by atoms with E-state index in [0.717, 1.165) is 58.7 Å². The fraction of sp³-hybridized carbons (Fsp3) is 0.133. The van der Waals surface area contributed by atoms with Crippen LogP contribution in [0.25, 0.3) is 56.0 Å². The number of pyridine rings is 2. The van der Waals surface area contributed by atoms with Crippen LogP contribution < -0.4 is 0 Å². The first kappa shape index (κ1) is 17.9. The van der Waals surface area contributed by atoms with Gasteiger partial charge < -0.3 is 0 Å². The van der Waals surface area contributed by atoms with Crippen LogP contribution in [0.5, 0.6) is 0 Å². The zero-order valence-electron chi connectivity index (χ0n) is 17.8. The summed E-state index contributed by atoms with van der Waals surface area (Å²) >= 11 is 0. The molecule has 0 atom stereocenters. The molecule has 0 radical (unpaired) electrons. The van der Waals surface area contributed by atoms with Crippen molar-refractivity contribution in [2.75, 3.05) is 0 Å². The summed E-state index contributed by atoms with van der Waals surface area (Å²) < 4.78 is 0. The van der Waals surface area contributed by atoms with E-state index >= 15 is 0 Å². The molecule has 0 saturated heterocycles. The van der Waals surface area contributed by atoms with Crippen LogP contribution >= 0.6 is 0 Å². The molecule has 7 rings (SSSR count). The highest BCUT2D eigenvalue weighted by Crippen LogP contribution is 2.39. The Kier molecular flexibility index (Phi) is 3.83. The summed E-state index contributed by atoms with van der Waals surface area (Å²) in [6, 6.07) is 19.5. The third-order valence-corrected chi connectivity index (χ3v) is 7.03. The Hall–Kier alpha value is -3.78. The second-order valence-corrected chi connectivity index (χ2v) is 8.84. The zero-order chi connectivity index (χ0) is 21.1. The second-order valence-electron chi connectivity index (χ2n) is 8.84. The lowest BCUT2D eigenvalue weighted by Crippen LogP contribution is -2.07. The van der Waals surface area contributed by atoms with Crippen molar-refractivity contribution >= 4 is 44.7 Å². The van der Waals surface area contributed by atoms with Crippen LogP contribution in [-0.4, -0.2) is 9.97 Å². The molecule has 152 valence electrons. The van der Waals surface area contributed by atoms with Crippen LogP contribution in [0.2, 0.25) is 0 Å². The van der Waals surface area contributed by atoms with Crippen LogP contribution in [0, 0.1) is 0 Å². The van der Waals surface area contributed by atoms with E-state index in [4.69, 9.17) is 4.98 Å². The van der Waals surface area contributed by atoms with Gasteiger partial charge in [-0.3, -0.25) is 4.98 Å². The van der Waals surface area contributed by atoms with Crippen molar-refractivity contribution in [2.45, 2.75) is 25.7 Å². The van der Waals surface area contributed by atoms with E-state index in [1.54, 1.807) is 11.1 Å². The predicted octanol–water partition coefficient (Wildman–Crippen LogP) is 7.52. The molecule has 2 aliphatic rings. The maximum absolute atomic E-state index is 5.09. The van der Waals surface area contributed by atoms with Crippen molar-refractivity contribution < 1.29 is 0 Å². The van der Waals surface area contributed by atoms with Gasteiger partial charge in [-0.2, -0.15) is 0 Å². The first-order chi connectivity index (χ1) is 15.9. The monoisotopic (exact) mass is 410 g/mol. The van der Waals surface area contributed by atoms with Crippen LogP contribution in [0.3, 0.4) is 0 Å². The summed E-state index contributed by atoms with van der Waals surface area (Å²) in [5, 5.41) is 4.95. The number of hydrogen-bond acceptors (Lipinski definition) is 2. The molecule has 0 N–H and O–H groups in total. The fourth-order valence-electron chi connectivity index (χ4n) is 5.51. The standard InChI is InChI=1S/C30H22N2/c1-2-9-24-22(7-1)23-8-3-4-10-25(23)27-18-21(13-15-26(24)27)28-16-14-20-12-11-19-6-5-17-31-29(19)30(20)32-28/h2,4-6,9-18H,1,3,7-8H2. The van der Waals surface area contributed by atoms with Crippen LogP contribution in [-0.2, 0) is 12.8 Å². The third-order valence-electron chi connectivity index (χ3n) is 7.03. The number of allylic oxidation sites excluding steroid dienone is 2. The van der Waals surface area contributed by atoms with E-state index in [1.807, 2.05) is 12.3 Å². The van der Waals surface area contributed by atoms with Gasteiger partial charge >= 0.3 is 0 Å². The number of aromatic nitrogens is 2. The van der Waals surface area contributed by atoms with Gasteiger partial charge in [-0.15, -0.1) is 0 Å². The molecule has 2 heterocycles. The molecule has 3 aromatic carbocycles. The fourth-order valence-corrected chi connectivity index (χ4v) is 5.51. The molecule has 2 nitrogen and oxygen atoms in total. The van der Waals surface area contributed by atoms with Gasteiger partial charge in [0.25, 0.3) is 0 Å². The summed E-state index contributed by atoms with van der Waals surface area (Å²) in [6.45, 7) is 0. The van der Waals surface area contributed by atoms with E-state index in [-0.39, 0.29) is 0 Å². The van der Waals surface area contributed by atoms with Gasteiger partial charge in [-0.1, -0.05) is 60.7 Å². The molecule has 0 amide bonds. The number of hydrogen-bond donors (Lipinski definition) is 0. The minimum Gasteiger partial charge on any atom is -0.254 e. The summed E-state index contributed by atoms with van der Waals surface area (Å²) in [6.07, 6.45) is 15.8. The molecule has 0 unspecified atom stereocenters. The lowest BCUT2D eigenvalue weighted by atomic mass is 9.81. The predicted molar refractivity (Wildman–Crippen MR) is 135 cm³/mol. The molecular formula is C30H22N2. The van der Waals surface area contributed by atoms with Crippen molar-refractivity contribution in [3.05, 3.63) is 95.2 Å². The normalized spacial score (nSPS) is 14.8. The van der Waals surface area contributed by atoms with Crippen molar-refractivity contribution in [2.24, 2.45) is 0 Å². The third kappa shape index (κ3) is 2.59. The van der Waals surface area contributed by atoms with E-state index in [0.29, 0.717) is 0 Å².